The molecule has 0 saturated carbocycles. The molecular weight excluding hydrogens is 240 g/mol. The maximum atomic E-state index is 11.6. The summed E-state index contributed by atoms with van der Waals surface area (Å²) in [7, 11) is 0. The number of nitrogens with one attached hydrogen (secondary N) is 1. The smallest absolute Gasteiger partial charge is 0.330 e. The molecule has 1 unspecified atom stereocenters. The van der Waals surface area contributed by atoms with Crippen LogP contribution in [-0.4, -0.2) is 38.1 Å². The molecule has 18 heavy (non-hydrogen) atoms. The summed E-state index contributed by atoms with van der Waals surface area (Å²) in [6.07, 6.45) is -1.01. The molecule has 2 heterocycles. The molecule has 3 N–H and O–H groups in total. The first-order chi connectivity index (χ1) is 8.52. The average Bonchev–Trinajstić information content (AvgIpc) is 2.70. The van der Waals surface area contributed by atoms with Crippen molar-refractivity contribution < 1.29 is 14.9 Å². The van der Waals surface area contributed by atoms with Gasteiger partial charge in [-0.25, -0.2) is 4.79 Å². The van der Waals surface area contributed by atoms with Crippen molar-refractivity contribution in [3.05, 3.63) is 33.1 Å². The molecule has 0 spiro atoms. The van der Waals surface area contributed by atoms with Crippen LogP contribution in [0.15, 0.2) is 21.9 Å². The molecule has 0 radical (unpaired) electrons. The molecule has 1 aliphatic heterocycles. The van der Waals surface area contributed by atoms with E-state index < -0.39 is 35.8 Å². The summed E-state index contributed by atoms with van der Waals surface area (Å²) in [5.74, 6) is 0. The van der Waals surface area contributed by atoms with Gasteiger partial charge in [-0.2, -0.15) is 0 Å². The van der Waals surface area contributed by atoms with Gasteiger partial charge in [0.2, 0.25) is 0 Å². The summed E-state index contributed by atoms with van der Waals surface area (Å²) in [5, 5.41) is 19.5. The number of hydrogen-bond donors (Lipinski definition) is 3. The van der Waals surface area contributed by atoms with Gasteiger partial charge in [0.15, 0.2) is 0 Å². The Kier molecular flexibility index (Phi) is 3.65. The molecule has 0 amide bonds. The van der Waals surface area contributed by atoms with E-state index in [0.717, 1.165) is 0 Å². The van der Waals surface area contributed by atoms with Crippen molar-refractivity contribution >= 4 is 0 Å². The van der Waals surface area contributed by atoms with Crippen LogP contribution in [0.4, 0.5) is 0 Å². The van der Waals surface area contributed by atoms with E-state index in [2.05, 4.69) is 4.98 Å². The van der Waals surface area contributed by atoms with Crippen molar-refractivity contribution in [2.75, 3.05) is 0 Å². The van der Waals surface area contributed by atoms with Crippen LogP contribution in [0.25, 0.3) is 0 Å². The van der Waals surface area contributed by atoms with E-state index in [9.17, 15) is 19.8 Å². The Bertz CT molecular complexity index is 523. The second-order valence-electron chi connectivity index (χ2n) is 4.35. The Balaban J connectivity index is 2.22. The number of aromatic nitrogens is 2. The molecular formula is C11H16N2O5. The van der Waals surface area contributed by atoms with Crippen LogP contribution in [0.1, 0.15) is 26.0 Å². The van der Waals surface area contributed by atoms with Crippen LogP contribution in [0.3, 0.4) is 0 Å². The molecule has 0 aliphatic carbocycles. The Hall–Kier alpha value is -1.44. The zero-order valence-electron chi connectivity index (χ0n) is 9.94. The minimum absolute atomic E-state index is 0.202. The van der Waals surface area contributed by atoms with E-state index in [1.165, 1.54) is 16.8 Å². The van der Waals surface area contributed by atoms with Crippen LogP contribution in [0.5, 0.6) is 0 Å². The molecule has 7 nitrogen and oxygen atoms in total. The highest BCUT2D eigenvalue weighted by Gasteiger charge is 2.38. The minimum Gasteiger partial charge on any atom is -0.390 e. The number of aliphatic hydroxyl groups excluding tert-OH is 2. The minimum atomic E-state index is -0.830. The van der Waals surface area contributed by atoms with Crippen LogP contribution in [0, 0.1) is 0 Å². The van der Waals surface area contributed by atoms with Crippen LogP contribution in [-0.2, 0) is 4.74 Å². The SMILES string of the molecule is CCC(O)[C@H]1O[C@@H](n2ccc(=O)[nH]c2=O)C[C@@H]1O. The van der Waals surface area contributed by atoms with Crippen LogP contribution >= 0.6 is 0 Å². The Labute approximate surface area is 103 Å². The maximum Gasteiger partial charge on any atom is 0.330 e. The van der Waals surface area contributed by atoms with Crippen LogP contribution in [0.2, 0.25) is 0 Å². The topological polar surface area (TPSA) is 105 Å². The van der Waals surface area contributed by atoms with Crippen molar-refractivity contribution in [1.29, 1.82) is 0 Å². The van der Waals surface area contributed by atoms with E-state index in [-0.39, 0.29) is 6.42 Å². The maximum absolute atomic E-state index is 11.6. The third kappa shape index (κ3) is 2.38. The first-order valence-corrected chi connectivity index (χ1v) is 5.86. The lowest BCUT2D eigenvalue weighted by molar-refractivity contribution is -0.0838. The van der Waals surface area contributed by atoms with E-state index >= 15 is 0 Å². The largest absolute Gasteiger partial charge is 0.390 e. The number of ether oxygens (including phenoxy) is 1. The molecule has 4 atom stereocenters. The zero-order valence-corrected chi connectivity index (χ0v) is 9.94. The lowest BCUT2D eigenvalue weighted by Gasteiger charge is -2.20. The standard InChI is InChI=1S/C11H16N2O5/c1-2-6(14)10-7(15)5-9(18-10)13-4-3-8(16)12-11(13)17/h3-4,6-7,9-10,14-15H,2,5H2,1H3,(H,12,16,17)/t6?,7-,9+,10+/m0/s1. The van der Waals surface area contributed by atoms with Gasteiger partial charge in [0.1, 0.15) is 12.3 Å². The number of aromatic amines is 1. The van der Waals surface area contributed by atoms with E-state index in [4.69, 9.17) is 4.74 Å². The van der Waals surface area contributed by atoms with Crippen molar-refractivity contribution in [3.8, 4) is 0 Å². The molecule has 1 fully saturated rings. The highest BCUT2D eigenvalue weighted by atomic mass is 16.5. The monoisotopic (exact) mass is 256 g/mol. The molecule has 1 saturated heterocycles. The predicted molar refractivity (Wildman–Crippen MR) is 62.2 cm³/mol. The molecule has 0 bridgehead atoms. The summed E-state index contributed by atoms with van der Waals surface area (Å²) < 4.78 is 6.68. The quantitative estimate of drug-likeness (QED) is 0.640. The van der Waals surface area contributed by atoms with E-state index in [0.29, 0.717) is 6.42 Å². The lowest BCUT2D eigenvalue weighted by Crippen LogP contribution is -2.34. The van der Waals surface area contributed by atoms with Crippen molar-refractivity contribution in [2.45, 2.75) is 44.3 Å². The predicted octanol–water partition coefficient (Wildman–Crippen LogP) is -1.04. The lowest BCUT2D eigenvalue weighted by atomic mass is 10.1. The van der Waals surface area contributed by atoms with E-state index in [1.54, 1.807) is 6.92 Å². The van der Waals surface area contributed by atoms with Gasteiger partial charge >= 0.3 is 5.69 Å². The van der Waals surface area contributed by atoms with Gasteiger partial charge < -0.3 is 14.9 Å². The first kappa shape index (κ1) is 13.0. The third-order valence-electron chi connectivity index (χ3n) is 3.10. The third-order valence-corrected chi connectivity index (χ3v) is 3.10. The van der Waals surface area contributed by atoms with Gasteiger partial charge in [0.05, 0.1) is 12.2 Å². The van der Waals surface area contributed by atoms with E-state index in [1.807, 2.05) is 0 Å². The Morgan fingerprint density at radius 2 is 2.33 bits per heavy atom. The summed E-state index contributed by atoms with van der Waals surface area (Å²) in [5.41, 5.74) is -1.08. The number of nitrogens with zero attached hydrogens (tertiary/aromatic N) is 1. The summed E-state index contributed by atoms with van der Waals surface area (Å²) >= 11 is 0. The molecule has 1 aliphatic rings. The second kappa shape index (κ2) is 5.05. The highest BCUT2D eigenvalue weighted by Crippen LogP contribution is 2.29. The number of H-pyrrole nitrogens is 1. The fraction of sp³-hybridized carbons (Fsp3) is 0.636. The van der Waals surface area contributed by atoms with Gasteiger partial charge in [-0.3, -0.25) is 14.3 Å². The Morgan fingerprint density at radius 1 is 1.61 bits per heavy atom. The average molecular weight is 256 g/mol. The highest BCUT2D eigenvalue weighted by molar-refractivity contribution is 4.90. The number of aliphatic hydroxyl groups is 2. The number of rotatable bonds is 3. The van der Waals surface area contributed by atoms with Gasteiger partial charge in [-0.05, 0) is 6.42 Å². The molecule has 1 aromatic heterocycles. The van der Waals surface area contributed by atoms with Crippen LogP contribution < -0.4 is 11.2 Å². The molecule has 100 valence electrons. The van der Waals surface area contributed by atoms with Gasteiger partial charge in [-0.15, -0.1) is 0 Å². The normalized spacial score (nSPS) is 29.4. The Morgan fingerprint density at radius 3 is 2.94 bits per heavy atom. The molecule has 7 heteroatoms. The van der Waals surface area contributed by atoms with Gasteiger partial charge in [-0.1, -0.05) is 6.92 Å². The zero-order chi connectivity index (χ0) is 13.3. The first-order valence-electron chi connectivity index (χ1n) is 5.86. The summed E-state index contributed by atoms with van der Waals surface area (Å²) in [4.78, 5) is 24.6. The molecule has 2 rings (SSSR count). The van der Waals surface area contributed by atoms with Crippen molar-refractivity contribution in [3.63, 3.8) is 0 Å². The molecule has 1 aromatic rings. The van der Waals surface area contributed by atoms with Crippen molar-refractivity contribution in [2.24, 2.45) is 0 Å². The fourth-order valence-electron chi connectivity index (χ4n) is 2.08. The van der Waals surface area contributed by atoms with Gasteiger partial charge in [0.25, 0.3) is 5.56 Å². The fourth-order valence-corrected chi connectivity index (χ4v) is 2.08. The van der Waals surface area contributed by atoms with Gasteiger partial charge in [0, 0.05) is 18.7 Å². The van der Waals surface area contributed by atoms with Crippen molar-refractivity contribution in [1.82, 2.24) is 9.55 Å². The summed E-state index contributed by atoms with van der Waals surface area (Å²) in [6.45, 7) is 1.78. The second-order valence-corrected chi connectivity index (χ2v) is 4.35. The molecule has 0 aromatic carbocycles. The number of hydrogen-bond acceptors (Lipinski definition) is 5. The summed E-state index contributed by atoms with van der Waals surface area (Å²) in [6, 6.07) is 1.21.